The van der Waals surface area contributed by atoms with Crippen molar-refractivity contribution in [1.29, 1.82) is 0 Å². The lowest BCUT2D eigenvalue weighted by Crippen LogP contribution is -2.44. The monoisotopic (exact) mass is 214 g/mol. The van der Waals surface area contributed by atoms with E-state index in [0.717, 1.165) is 19.4 Å². The van der Waals surface area contributed by atoms with Crippen LogP contribution in [0.4, 0.5) is 0 Å². The van der Waals surface area contributed by atoms with Gasteiger partial charge in [0.25, 0.3) is 0 Å². The van der Waals surface area contributed by atoms with Crippen molar-refractivity contribution < 1.29 is 9.53 Å². The molecule has 2 unspecified atom stereocenters. The summed E-state index contributed by atoms with van der Waals surface area (Å²) >= 11 is 0. The van der Waals surface area contributed by atoms with Gasteiger partial charge in [-0.3, -0.25) is 4.79 Å². The van der Waals surface area contributed by atoms with Crippen LogP contribution in [0.15, 0.2) is 0 Å². The second-order valence-electron chi connectivity index (χ2n) is 4.07. The van der Waals surface area contributed by atoms with Crippen LogP contribution < -0.4 is 10.6 Å². The Balaban J connectivity index is 2.11. The van der Waals surface area contributed by atoms with Gasteiger partial charge in [-0.25, -0.2) is 0 Å². The van der Waals surface area contributed by atoms with E-state index in [1.807, 2.05) is 6.92 Å². The zero-order valence-electron chi connectivity index (χ0n) is 9.71. The fourth-order valence-electron chi connectivity index (χ4n) is 1.76. The lowest BCUT2D eigenvalue weighted by Gasteiger charge is -2.26. The van der Waals surface area contributed by atoms with Crippen LogP contribution in [-0.4, -0.2) is 38.3 Å². The number of carbonyl (C=O) groups excluding carboxylic acids is 1. The van der Waals surface area contributed by atoms with E-state index in [2.05, 4.69) is 17.6 Å². The van der Waals surface area contributed by atoms with Crippen LogP contribution in [0, 0.1) is 5.92 Å². The van der Waals surface area contributed by atoms with Crippen molar-refractivity contribution in [2.45, 2.75) is 32.7 Å². The van der Waals surface area contributed by atoms with Gasteiger partial charge in [-0.1, -0.05) is 0 Å². The summed E-state index contributed by atoms with van der Waals surface area (Å²) in [7, 11) is 0. The zero-order chi connectivity index (χ0) is 11.1. The first-order chi connectivity index (χ1) is 7.24. The summed E-state index contributed by atoms with van der Waals surface area (Å²) in [6.07, 6.45) is 2.08. The maximum Gasteiger partial charge on any atom is 0.224 e. The molecule has 0 radical (unpaired) electrons. The van der Waals surface area contributed by atoms with Gasteiger partial charge in [-0.2, -0.15) is 0 Å². The van der Waals surface area contributed by atoms with Crippen LogP contribution in [0.25, 0.3) is 0 Å². The van der Waals surface area contributed by atoms with Gasteiger partial charge < -0.3 is 15.4 Å². The highest BCUT2D eigenvalue weighted by atomic mass is 16.5. The minimum absolute atomic E-state index is 0.142. The first kappa shape index (κ1) is 12.5. The highest BCUT2D eigenvalue weighted by Gasteiger charge is 2.23. The van der Waals surface area contributed by atoms with Crippen molar-refractivity contribution in [3.8, 4) is 0 Å². The van der Waals surface area contributed by atoms with Crippen LogP contribution in [-0.2, 0) is 9.53 Å². The number of amides is 1. The Morgan fingerprint density at radius 2 is 2.33 bits per heavy atom. The molecule has 0 aromatic rings. The molecule has 1 heterocycles. The lowest BCUT2D eigenvalue weighted by atomic mass is 9.95. The molecule has 1 fully saturated rings. The fourth-order valence-corrected chi connectivity index (χ4v) is 1.76. The Morgan fingerprint density at radius 3 is 2.93 bits per heavy atom. The third-order valence-electron chi connectivity index (χ3n) is 2.78. The molecular formula is C11H22N2O2. The molecule has 4 nitrogen and oxygen atoms in total. The lowest BCUT2D eigenvalue weighted by molar-refractivity contribution is -0.125. The molecule has 0 aromatic heterocycles. The van der Waals surface area contributed by atoms with E-state index in [1.54, 1.807) is 0 Å². The molecule has 0 bridgehead atoms. The predicted octanol–water partition coefficient (Wildman–Crippen LogP) is 0.527. The second kappa shape index (κ2) is 6.80. The minimum atomic E-state index is 0.142. The minimum Gasteiger partial charge on any atom is -0.380 e. The molecule has 1 rings (SSSR count). The quantitative estimate of drug-likeness (QED) is 0.656. The van der Waals surface area contributed by atoms with E-state index in [0.29, 0.717) is 25.8 Å². The summed E-state index contributed by atoms with van der Waals surface area (Å²) in [5.74, 6) is 0.303. The molecule has 2 atom stereocenters. The molecule has 2 N–H and O–H groups in total. The van der Waals surface area contributed by atoms with E-state index in [1.165, 1.54) is 0 Å². The Bertz CT molecular complexity index is 189. The van der Waals surface area contributed by atoms with Gasteiger partial charge in [-0.05, 0) is 26.7 Å². The Labute approximate surface area is 91.8 Å². The average Bonchev–Trinajstić information content (AvgIpc) is 2.25. The molecule has 0 spiro atoms. The molecule has 15 heavy (non-hydrogen) atoms. The summed E-state index contributed by atoms with van der Waals surface area (Å²) in [5, 5.41) is 6.22. The smallest absolute Gasteiger partial charge is 0.224 e. The molecule has 4 heteroatoms. The number of ether oxygens (including phenoxy) is 1. The number of piperidine rings is 1. The van der Waals surface area contributed by atoms with Crippen LogP contribution in [0.5, 0.6) is 0 Å². The van der Waals surface area contributed by atoms with Crippen molar-refractivity contribution in [2.24, 2.45) is 5.92 Å². The molecule has 1 saturated heterocycles. The summed E-state index contributed by atoms with van der Waals surface area (Å²) in [5.41, 5.74) is 0. The molecule has 1 aliphatic heterocycles. The fraction of sp³-hybridized carbons (Fsp3) is 0.909. The Morgan fingerprint density at radius 1 is 1.53 bits per heavy atom. The standard InChI is InChI=1S/C11H22N2O2/c1-3-15-7-6-12-11(14)10-5-4-9(2)13-8-10/h9-10,13H,3-8H2,1-2H3,(H,12,14). The van der Waals surface area contributed by atoms with Gasteiger partial charge >= 0.3 is 0 Å². The zero-order valence-corrected chi connectivity index (χ0v) is 9.71. The number of nitrogens with one attached hydrogen (secondary N) is 2. The van der Waals surface area contributed by atoms with Gasteiger partial charge in [0, 0.05) is 25.7 Å². The summed E-state index contributed by atoms with van der Waals surface area (Å²) in [4.78, 5) is 11.7. The maximum absolute atomic E-state index is 11.7. The van der Waals surface area contributed by atoms with Gasteiger partial charge in [0.05, 0.1) is 12.5 Å². The van der Waals surface area contributed by atoms with Gasteiger partial charge in [0.1, 0.15) is 0 Å². The van der Waals surface area contributed by atoms with E-state index >= 15 is 0 Å². The van der Waals surface area contributed by atoms with Crippen molar-refractivity contribution in [3.05, 3.63) is 0 Å². The van der Waals surface area contributed by atoms with Crippen molar-refractivity contribution in [2.75, 3.05) is 26.3 Å². The van der Waals surface area contributed by atoms with Crippen LogP contribution >= 0.6 is 0 Å². The summed E-state index contributed by atoms with van der Waals surface area (Å²) < 4.78 is 5.16. The van der Waals surface area contributed by atoms with Gasteiger partial charge in [-0.15, -0.1) is 0 Å². The van der Waals surface area contributed by atoms with Crippen molar-refractivity contribution in [1.82, 2.24) is 10.6 Å². The summed E-state index contributed by atoms with van der Waals surface area (Å²) in [6, 6.07) is 0.553. The van der Waals surface area contributed by atoms with E-state index < -0.39 is 0 Å². The average molecular weight is 214 g/mol. The van der Waals surface area contributed by atoms with Crippen molar-refractivity contribution >= 4 is 5.91 Å². The highest BCUT2D eigenvalue weighted by molar-refractivity contribution is 5.78. The van der Waals surface area contributed by atoms with E-state index in [9.17, 15) is 4.79 Å². The third kappa shape index (κ3) is 4.62. The topological polar surface area (TPSA) is 50.4 Å². The SMILES string of the molecule is CCOCCNC(=O)C1CCC(C)NC1. The Kier molecular flexibility index (Phi) is 5.65. The molecule has 0 aromatic carbocycles. The number of carbonyl (C=O) groups is 1. The largest absolute Gasteiger partial charge is 0.380 e. The molecule has 0 aliphatic carbocycles. The second-order valence-corrected chi connectivity index (χ2v) is 4.07. The first-order valence-corrected chi connectivity index (χ1v) is 5.83. The Hall–Kier alpha value is -0.610. The van der Waals surface area contributed by atoms with Crippen molar-refractivity contribution in [3.63, 3.8) is 0 Å². The normalized spacial score (nSPS) is 26.3. The van der Waals surface area contributed by atoms with Crippen LogP contribution in [0.1, 0.15) is 26.7 Å². The number of rotatable bonds is 5. The van der Waals surface area contributed by atoms with Gasteiger partial charge in [0.2, 0.25) is 5.91 Å². The molecule has 0 saturated carbocycles. The molecule has 1 amide bonds. The molecule has 1 aliphatic rings. The third-order valence-corrected chi connectivity index (χ3v) is 2.78. The first-order valence-electron chi connectivity index (χ1n) is 5.83. The molecular weight excluding hydrogens is 192 g/mol. The van der Waals surface area contributed by atoms with E-state index in [-0.39, 0.29) is 11.8 Å². The number of hydrogen-bond donors (Lipinski definition) is 2. The highest BCUT2D eigenvalue weighted by Crippen LogP contribution is 2.13. The van der Waals surface area contributed by atoms with Gasteiger partial charge in [0.15, 0.2) is 0 Å². The predicted molar refractivity (Wildman–Crippen MR) is 59.7 cm³/mol. The summed E-state index contributed by atoms with van der Waals surface area (Å²) in [6.45, 7) is 6.86. The maximum atomic E-state index is 11.7. The number of hydrogen-bond acceptors (Lipinski definition) is 3. The molecule has 88 valence electrons. The van der Waals surface area contributed by atoms with E-state index in [4.69, 9.17) is 4.74 Å². The van der Waals surface area contributed by atoms with Crippen LogP contribution in [0.3, 0.4) is 0 Å². The van der Waals surface area contributed by atoms with Crippen LogP contribution in [0.2, 0.25) is 0 Å².